The lowest BCUT2D eigenvalue weighted by molar-refractivity contribution is 0.0929. The van der Waals surface area contributed by atoms with E-state index >= 15 is 0 Å². The maximum atomic E-state index is 10.2. The number of aliphatic hydroxyl groups is 1. The van der Waals surface area contributed by atoms with Crippen molar-refractivity contribution in [3.63, 3.8) is 0 Å². The Morgan fingerprint density at radius 1 is 0.857 bits per heavy atom. The predicted octanol–water partition coefficient (Wildman–Crippen LogP) is 4.44. The van der Waals surface area contributed by atoms with Crippen LogP contribution in [0.2, 0.25) is 0 Å². The van der Waals surface area contributed by atoms with Crippen LogP contribution in [0.15, 0.2) is 84.9 Å². The van der Waals surface area contributed by atoms with Crippen LogP contribution in [0.3, 0.4) is 0 Å². The average molecular weight is 373 g/mol. The van der Waals surface area contributed by atoms with Gasteiger partial charge in [0.2, 0.25) is 0 Å². The van der Waals surface area contributed by atoms with Gasteiger partial charge in [0.25, 0.3) is 0 Å². The Bertz CT molecular complexity index is 838. The highest BCUT2D eigenvalue weighted by molar-refractivity contribution is 5.51. The van der Waals surface area contributed by atoms with Crippen LogP contribution in [0, 0.1) is 0 Å². The van der Waals surface area contributed by atoms with Crippen molar-refractivity contribution in [1.29, 1.82) is 0 Å². The van der Waals surface area contributed by atoms with E-state index in [1.54, 1.807) is 7.11 Å². The van der Waals surface area contributed by atoms with E-state index in [0.29, 0.717) is 0 Å². The molecule has 4 rings (SSSR count). The molecular weight excluding hydrogens is 346 g/mol. The zero-order valence-corrected chi connectivity index (χ0v) is 16.3. The van der Waals surface area contributed by atoms with Crippen LogP contribution in [0.25, 0.3) is 0 Å². The summed E-state index contributed by atoms with van der Waals surface area (Å²) in [5.74, 6) is 0.846. The van der Waals surface area contributed by atoms with Crippen molar-refractivity contribution in [3.05, 3.63) is 102 Å². The summed E-state index contributed by atoms with van der Waals surface area (Å²) < 4.78 is 5.41. The van der Waals surface area contributed by atoms with Gasteiger partial charge in [-0.05, 0) is 41.7 Å². The number of aliphatic hydroxyl groups excluding tert-OH is 1. The van der Waals surface area contributed by atoms with Crippen molar-refractivity contribution >= 4 is 0 Å². The number of rotatable bonds is 6. The van der Waals surface area contributed by atoms with E-state index in [-0.39, 0.29) is 12.6 Å². The minimum atomic E-state index is -0.460. The standard InChI is InChI=1S/C25H27NO2/c1-28-24-16-14-22(15-17-24)25(20-9-4-2-5-10-20,21-11-6-3-7-12-21)26-18-8-13-23(26)19-27/h2-7,9-12,14-17,23,27H,8,13,18-19H2,1H3/t23-/m0/s1. The molecular formula is C25H27NO2. The maximum absolute atomic E-state index is 10.2. The Hall–Kier alpha value is -2.62. The summed E-state index contributed by atoms with van der Waals surface area (Å²) in [7, 11) is 1.69. The van der Waals surface area contributed by atoms with E-state index in [4.69, 9.17) is 4.74 Å². The van der Waals surface area contributed by atoms with Gasteiger partial charge in [0.15, 0.2) is 0 Å². The number of hydrogen-bond acceptors (Lipinski definition) is 3. The molecule has 28 heavy (non-hydrogen) atoms. The quantitative estimate of drug-likeness (QED) is 0.648. The molecule has 0 radical (unpaired) electrons. The third kappa shape index (κ3) is 3.11. The molecule has 0 amide bonds. The van der Waals surface area contributed by atoms with Crippen LogP contribution in [0.1, 0.15) is 29.5 Å². The summed E-state index contributed by atoms with van der Waals surface area (Å²) in [5.41, 5.74) is 3.16. The third-order valence-electron chi connectivity index (χ3n) is 5.91. The molecule has 0 aromatic heterocycles. The Labute approximate surface area is 167 Å². The molecule has 3 aromatic carbocycles. The molecule has 0 saturated carbocycles. The largest absolute Gasteiger partial charge is 0.497 e. The summed E-state index contributed by atoms with van der Waals surface area (Å²) in [4.78, 5) is 2.49. The van der Waals surface area contributed by atoms with Gasteiger partial charge >= 0.3 is 0 Å². The first kappa shape index (κ1) is 18.7. The van der Waals surface area contributed by atoms with Gasteiger partial charge in [-0.15, -0.1) is 0 Å². The summed E-state index contributed by atoms with van der Waals surface area (Å²) >= 11 is 0. The van der Waals surface area contributed by atoms with Gasteiger partial charge in [-0.1, -0.05) is 72.8 Å². The second-order valence-electron chi connectivity index (χ2n) is 7.34. The molecule has 1 heterocycles. The van der Waals surface area contributed by atoms with E-state index < -0.39 is 5.54 Å². The Kier molecular flexibility index (Phi) is 5.47. The highest BCUT2D eigenvalue weighted by Gasteiger charge is 2.46. The van der Waals surface area contributed by atoms with Gasteiger partial charge in [-0.3, -0.25) is 4.90 Å². The topological polar surface area (TPSA) is 32.7 Å². The van der Waals surface area contributed by atoms with Gasteiger partial charge in [0.1, 0.15) is 5.75 Å². The normalized spacial score (nSPS) is 17.6. The molecule has 0 unspecified atom stereocenters. The van der Waals surface area contributed by atoms with Crippen molar-refractivity contribution < 1.29 is 9.84 Å². The fourth-order valence-electron chi connectivity index (χ4n) is 4.66. The lowest BCUT2D eigenvalue weighted by Crippen LogP contribution is -2.51. The lowest BCUT2D eigenvalue weighted by Gasteiger charge is -2.46. The van der Waals surface area contributed by atoms with Crippen molar-refractivity contribution in [2.24, 2.45) is 0 Å². The predicted molar refractivity (Wildman–Crippen MR) is 113 cm³/mol. The van der Waals surface area contributed by atoms with E-state index in [0.717, 1.165) is 25.1 Å². The van der Waals surface area contributed by atoms with Crippen molar-refractivity contribution in [3.8, 4) is 5.75 Å². The first-order valence-corrected chi connectivity index (χ1v) is 9.94. The molecule has 1 saturated heterocycles. The van der Waals surface area contributed by atoms with Crippen LogP contribution < -0.4 is 4.74 Å². The van der Waals surface area contributed by atoms with E-state index in [2.05, 4.69) is 77.7 Å². The molecule has 0 spiro atoms. The molecule has 3 aromatic rings. The molecule has 1 atom stereocenters. The molecule has 1 aliphatic heterocycles. The Morgan fingerprint density at radius 2 is 1.39 bits per heavy atom. The summed E-state index contributed by atoms with van der Waals surface area (Å²) in [5, 5.41) is 10.2. The van der Waals surface area contributed by atoms with Gasteiger partial charge in [-0.25, -0.2) is 0 Å². The molecule has 1 N–H and O–H groups in total. The highest BCUT2D eigenvalue weighted by Crippen LogP contribution is 2.46. The molecule has 3 nitrogen and oxygen atoms in total. The number of hydrogen-bond donors (Lipinski definition) is 1. The number of ether oxygens (including phenoxy) is 1. The van der Waals surface area contributed by atoms with E-state index in [9.17, 15) is 5.11 Å². The maximum Gasteiger partial charge on any atom is 0.118 e. The lowest BCUT2D eigenvalue weighted by atomic mass is 9.75. The smallest absolute Gasteiger partial charge is 0.118 e. The number of methoxy groups -OCH3 is 1. The van der Waals surface area contributed by atoms with Crippen molar-refractivity contribution in [1.82, 2.24) is 4.90 Å². The first-order chi connectivity index (χ1) is 13.8. The van der Waals surface area contributed by atoms with Crippen LogP contribution in [0.4, 0.5) is 0 Å². The second-order valence-corrected chi connectivity index (χ2v) is 7.34. The molecule has 144 valence electrons. The fourth-order valence-corrected chi connectivity index (χ4v) is 4.66. The van der Waals surface area contributed by atoms with E-state index in [1.165, 1.54) is 16.7 Å². The average Bonchev–Trinajstić information content (AvgIpc) is 3.25. The van der Waals surface area contributed by atoms with Crippen LogP contribution in [-0.2, 0) is 5.54 Å². The van der Waals surface area contributed by atoms with Gasteiger partial charge in [0, 0.05) is 12.6 Å². The minimum absolute atomic E-state index is 0.127. The second kappa shape index (κ2) is 8.17. The summed E-state index contributed by atoms with van der Waals surface area (Å²) in [6.07, 6.45) is 2.09. The molecule has 0 aliphatic carbocycles. The fraction of sp³-hybridized carbons (Fsp3) is 0.280. The summed E-state index contributed by atoms with van der Waals surface area (Å²) in [6, 6.07) is 29.8. The van der Waals surface area contributed by atoms with Gasteiger partial charge in [-0.2, -0.15) is 0 Å². The third-order valence-corrected chi connectivity index (χ3v) is 5.91. The van der Waals surface area contributed by atoms with Gasteiger partial charge < -0.3 is 9.84 Å². The van der Waals surface area contributed by atoms with Crippen molar-refractivity contribution in [2.45, 2.75) is 24.4 Å². The monoisotopic (exact) mass is 373 g/mol. The molecule has 1 fully saturated rings. The molecule has 3 heteroatoms. The first-order valence-electron chi connectivity index (χ1n) is 9.94. The van der Waals surface area contributed by atoms with Crippen molar-refractivity contribution in [2.75, 3.05) is 20.3 Å². The minimum Gasteiger partial charge on any atom is -0.497 e. The van der Waals surface area contributed by atoms with Crippen LogP contribution in [0.5, 0.6) is 5.75 Å². The van der Waals surface area contributed by atoms with Gasteiger partial charge in [0.05, 0.1) is 19.3 Å². The highest BCUT2D eigenvalue weighted by atomic mass is 16.5. The number of likely N-dealkylation sites (tertiary alicyclic amines) is 1. The number of nitrogens with zero attached hydrogens (tertiary/aromatic N) is 1. The Balaban J connectivity index is 2.02. The Morgan fingerprint density at radius 3 is 1.89 bits per heavy atom. The van der Waals surface area contributed by atoms with Crippen LogP contribution >= 0.6 is 0 Å². The number of benzene rings is 3. The summed E-state index contributed by atoms with van der Waals surface area (Å²) in [6.45, 7) is 1.11. The zero-order valence-electron chi connectivity index (χ0n) is 16.3. The molecule has 0 bridgehead atoms. The SMILES string of the molecule is COc1ccc(C(c2ccccc2)(c2ccccc2)N2CCC[C@H]2CO)cc1. The molecule has 1 aliphatic rings. The van der Waals surface area contributed by atoms with E-state index in [1.807, 2.05) is 12.1 Å². The zero-order chi connectivity index (χ0) is 19.4. The van der Waals surface area contributed by atoms with Crippen LogP contribution in [-0.4, -0.2) is 36.3 Å².